The van der Waals surface area contributed by atoms with Gasteiger partial charge < -0.3 is 5.32 Å². The zero-order chi connectivity index (χ0) is 15.4. The van der Waals surface area contributed by atoms with E-state index in [0.717, 1.165) is 11.3 Å². The Bertz CT molecular complexity index is 785. The highest BCUT2D eigenvalue weighted by Gasteiger charge is 2.08. The van der Waals surface area contributed by atoms with Gasteiger partial charge in [-0.2, -0.15) is 0 Å². The van der Waals surface area contributed by atoms with E-state index in [0.29, 0.717) is 17.2 Å². The lowest BCUT2D eigenvalue weighted by Gasteiger charge is -2.05. The first-order valence-electron chi connectivity index (χ1n) is 6.85. The summed E-state index contributed by atoms with van der Waals surface area (Å²) in [6.45, 7) is 1.84. The van der Waals surface area contributed by atoms with Crippen LogP contribution < -0.4 is 5.32 Å². The smallest absolute Gasteiger partial charge is 0.274 e. The van der Waals surface area contributed by atoms with Gasteiger partial charge in [-0.3, -0.25) is 4.79 Å². The van der Waals surface area contributed by atoms with Crippen LogP contribution in [0.25, 0.3) is 11.4 Å². The molecule has 22 heavy (non-hydrogen) atoms. The molecule has 0 aliphatic heterocycles. The van der Waals surface area contributed by atoms with Crippen LogP contribution in [0.4, 0.5) is 5.69 Å². The predicted octanol–water partition coefficient (Wildman–Crippen LogP) is 3.10. The third-order valence-electron chi connectivity index (χ3n) is 3.06. The lowest BCUT2D eigenvalue weighted by molar-refractivity contribution is 0.102. The fourth-order valence-electron chi connectivity index (χ4n) is 1.99. The van der Waals surface area contributed by atoms with Crippen molar-refractivity contribution in [3.63, 3.8) is 0 Å². The third kappa shape index (κ3) is 3.15. The fraction of sp³-hybridized carbons (Fsp3) is 0.0588. The molecule has 0 saturated heterocycles. The van der Waals surface area contributed by atoms with Crippen LogP contribution in [0.15, 0.2) is 60.9 Å². The van der Waals surface area contributed by atoms with E-state index in [1.807, 2.05) is 43.3 Å². The highest BCUT2D eigenvalue weighted by atomic mass is 16.1. The van der Waals surface area contributed by atoms with Crippen LogP contribution in [0.5, 0.6) is 0 Å². The Morgan fingerprint density at radius 3 is 2.36 bits per heavy atom. The van der Waals surface area contributed by atoms with Crippen molar-refractivity contribution >= 4 is 11.6 Å². The fourth-order valence-corrected chi connectivity index (χ4v) is 1.99. The Labute approximate surface area is 128 Å². The lowest BCUT2D eigenvalue weighted by Crippen LogP contribution is -2.14. The summed E-state index contributed by atoms with van der Waals surface area (Å²) < 4.78 is 0. The Morgan fingerprint density at radius 1 is 0.955 bits per heavy atom. The number of aromatic nitrogens is 3. The molecule has 0 unspecified atom stereocenters. The zero-order valence-corrected chi connectivity index (χ0v) is 12.0. The molecule has 108 valence electrons. The molecule has 5 heteroatoms. The van der Waals surface area contributed by atoms with E-state index < -0.39 is 0 Å². The van der Waals surface area contributed by atoms with Crippen LogP contribution in [0.3, 0.4) is 0 Å². The number of hydrogen-bond donors (Lipinski definition) is 1. The molecule has 3 rings (SSSR count). The highest BCUT2D eigenvalue weighted by Crippen LogP contribution is 2.15. The first-order chi connectivity index (χ1) is 10.7. The van der Waals surface area contributed by atoms with Gasteiger partial charge in [-0.15, -0.1) is 0 Å². The summed E-state index contributed by atoms with van der Waals surface area (Å²) in [5, 5.41) is 2.74. The maximum absolute atomic E-state index is 12.1. The molecule has 0 bridgehead atoms. The first-order valence-corrected chi connectivity index (χ1v) is 6.85. The molecule has 2 heterocycles. The summed E-state index contributed by atoms with van der Waals surface area (Å²) in [7, 11) is 0. The van der Waals surface area contributed by atoms with Gasteiger partial charge in [0.15, 0.2) is 5.82 Å². The van der Waals surface area contributed by atoms with Gasteiger partial charge in [-0.1, -0.05) is 36.4 Å². The van der Waals surface area contributed by atoms with Crippen molar-refractivity contribution in [1.29, 1.82) is 0 Å². The van der Waals surface area contributed by atoms with Crippen molar-refractivity contribution in [1.82, 2.24) is 15.0 Å². The molecule has 0 aliphatic rings. The molecule has 0 spiro atoms. The number of benzene rings is 1. The van der Waals surface area contributed by atoms with Crippen LogP contribution in [0.1, 0.15) is 16.2 Å². The summed E-state index contributed by atoms with van der Waals surface area (Å²) in [4.78, 5) is 24.8. The summed E-state index contributed by atoms with van der Waals surface area (Å²) in [5.74, 6) is 0.340. The van der Waals surface area contributed by atoms with Crippen molar-refractivity contribution in [2.45, 2.75) is 6.92 Å². The summed E-state index contributed by atoms with van der Waals surface area (Å²) in [6.07, 6.45) is 3.17. The molecule has 2 aromatic heterocycles. The van der Waals surface area contributed by atoms with Crippen LogP contribution in [-0.2, 0) is 0 Å². The second kappa shape index (κ2) is 6.13. The minimum absolute atomic E-state index is 0.278. The van der Waals surface area contributed by atoms with E-state index in [9.17, 15) is 4.79 Å². The van der Waals surface area contributed by atoms with Gasteiger partial charge >= 0.3 is 0 Å². The molecule has 1 amide bonds. The van der Waals surface area contributed by atoms with Crippen molar-refractivity contribution < 1.29 is 4.79 Å². The van der Waals surface area contributed by atoms with Gasteiger partial charge in [0.25, 0.3) is 5.91 Å². The number of carbonyl (C=O) groups is 1. The summed E-state index contributed by atoms with van der Waals surface area (Å²) in [5.41, 5.74) is 2.63. The van der Waals surface area contributed by atoms with Crippen LogP contribution in [0, 0.1) is 6.92 Å². The average Bonchev–Trinajstić information content (AvgIpc) is 2.56. The number of nitrogens with one attached hydrogen (secondary N) is 1. The SMILES string of the molecule is Cc1cccc(C(=O)Nc2cnc(-c3ccccc3)nc2)n1. The third-order valence-corrected chi connectivity index (χ3v) is 3.06. The number of anilines is 1. The van der Waals surface area contributed by atoms with Crippen molar-refractivity contribution in [3.05, 3.63) is 72.3 Å². The average molecular weight is 290 g/mol. The largest absolute Gasteiger partial charge is 0.318 e. The first kappa shape index (κ1) is 13.9. The molecule has 0 atom stereocenters. The molecule has 0 saturated carbocycles. The second-order valence-corrected chi connectivity index (χ2v) is 4.78. The predicted molar refractivity (Wildman–Crippen MR) is 84.4 cm³/mol. The number of aryl methyl sites for hydroxylation is 1. The normalized spacial score (nSPS) is 10.2. The van der Waals surface area contributed by atoms with E-state index in [4.69, 9.17) is 0 Å². The van der Waals surface area contributed by atoms with Gasteiger partial charge in [0, 0.05) is 11.3 Å². The Hall–Kier alpha value is -3.08. The number of amides is 1. The van der Waals surface area contributed by atoms with Gasteiger partial charge in [0.2, 0.25) is 0 Å². The van der Waals surface area contributed by atoms with Gasteiger partial charge in [0.1, 0.15) is 5.69 Å². The quantitative estimate of drug-likeness (QED) is 0.804. The minimum atomic E-state index is -0.278. The van der Waals surface area contributed by atoms with Crippen LogP contribution in [-0.4, -0.2) is 20.9 Å². The van der Waals surface area contributed by atoms with Crippen LogP contribution >= 0.6 is 0 Å². The van der Waals surface area contributed by atoms with Gasteiger partial charge in [-0.05, 0) is 19.1 Å². The number of nitrogens with zero attached hydrogens (tertiary/aromatic N) is 3. The highest BCUT2D eigenvalue weighted by molar-refractivity contribution is 6.02. The Kier molecular flexibility index (Phi) is 3.87. The zero-order valence-electron chi connectivity index (χ0n) is 12.0. The minimum Gasteiger partial charge on any atom is -0.318 e. The second-order valence-electron chi connectivity index (χ2n) is 4.78. The van der Waals surface area contributed by atoms with E-state index >= 15 is 0 Å². The molecule has 1 aromatic carbocycles. The van der Waals surface area contributed by atoms with E-state index in [-0.39, 0.29) is 5.91 Å². The molecule has 0 aliphatic carbocycles. The molecule has 1 N–H and O–H groups in total. The molecular formula is C17H14N4O. The maximum atomic E-state index is 12.1. The Morgan fingerprint density at radius 2 is 1.68 bits per heavy atom. The van der Waals surface area contributed by atoms with Crippen molar-refractivity contribution in [2.75, 3.05) is 5.32 Å². The van der Waals surface area contributed by atoms with Gasteiger partial charge in [-0.25, -0.2) is 15.0 Å². The number of pyridine rings is 1. The van der Waals surface area contributed by atoms with Gasteiger partial charge in [0.05, 0.1) is 18.1 Å². The topological polar surface area (TPSA) is 67.8 Å². The van der Waals surface area contributed by atoms with Crippen LogP contribution in [0.2, 0.25) is 0 Å². The van der Waals surface area contributed by atoms with Crippen molar-refractivity contribution in [2.24, 2.45) is 0 Å². The number of hydrogen-bond acceptors (Lipinski definition) is 4. The monoisotopic (exact) mass is 290 g/mol. The molecule has 5 nitrogen and oxygen atoms in total. The van der Waals surface area contributed by atoms with E-state index in [1.165, 1.54) is 0 Å². The molecule has 3 aromatic rings. The number of carbonyl (C=O) groups excluding carboxylic acids is 1. The summed E-state index contributed by atoms with van der Waals surface area (Å²) >= 11 is 0. The van der Waals surface area contributed by atoms with E-state index in [1.54, 1.807) is 24.5 Å². The lowest BCUT2D eigenvalue weighted by atomic mass is 10.2. The molecule has 0 fully saturated rings. The standard InChI is InChI=1S/C17H14N4O/c1-12-6-5-9-15(20-12)17(22)21-14-10-18-16(19-11-14)13-7-3-2-4-8-13/h2-11H,1H3,(H,21,22). The molecule has 0 radical (unpaired) electrons. The number of rotatable bonds is 3. The Balaban J connectivity index is 1.75. The summed E-state index contributed by atoms with van der Waals surface area (Å²) in [6, 6.07) is 15.0. The van der Waals surface area contributed by atoms with Crippen molar-refractivity contribution in [3.8, 4) is 11.4 Å². The maximum Gasteiger partial charge on any atom is 0.274 e. The van der Waals surface area contributed by atoms with E-state index in [2.05, 4.69) is 20.3 Å². The molecular weight excluding hydrogens is 276 g/mol.